The van der Waals surface area contributed by atoms with Crippen molar-refractivity contribution in [3.63, 3.8) is 0 Å². The molecule has 0 amide bonds. The quantitative estimate of drug-likeness (QED) is 0.421. The summed E-state index contributed by atoms with van der Waals surface area (Å²) >= 11 is 0. The number of halogens is 1. The van der Waals surface area contributed by atoms with Gasteiger partial charge < -0.3 is 4.74 Å². The minimum atomic E-state index is -0.283. The summed E-state index contributed by atoms with van der Waals surface area (Å²) in [6, 6.07) is 12.7. The average molecular weight is 407 g/mol. The fourth-order valence-corrected chi connectivity index (χ4v) is 5.31. The summed E-state index contributed by atoms with van der Waals surface area (Å²) in [5, 5.41) is 0. The Morgan fingerprint density at radius 1 is 0.967 bits per heavy atom. The zero-order valence-electron chi connectivity index (χ0n) is 18.6. The van der Waals surface area contributed by atoms with Gasteiger partial charge in [-0.3, -0.25) is 0 Å². The van der Waals surface area contributed by atoms with Crippen LogP contribution in [-0.4, -0.2) is 7.11 Å². The number of methoxy groups -OCH3 is 1. The lowest BCUT2D eigenvalue weighted by atomic mass is 9.77. The van der Waals surface area contributed by atoms with Gasteiger partial charge in [-0.2, -0.15) is 0 Å². The maximum atomic E-state index is 14.1. The molecule has 0 N–H and O–H groups in total. The van der Waals surface area contributed by atoms with Gasteiger partial charge in [0.2, 0.25) is 0 Å². The first-order valence-electron chi connectivity index (χ1n) is 11.8. The van der Waals surface area contributed by atoms with E-state index in [4.69, 9.17) is 4.74 Å². The highest BCUT2D eigenvalue weighted by Crippen LogP contribution is 2.39. The fraction of sp³-hybridized carbons (Fsp3) is 0.500. The van der Waals surface area contributed by atoms with Crippen LogP contribution in [-0.2, 0) is 6.42 Å². The molecule has 2 aliphatic carbocycles. The highest BCUT2D eigenvalue weighted by atomic mass is 19.1. The van der Waals surface area contributed by atoms with Crippen LogP contribution in [0.15, 0.2) is 36.4 Å². The van der Waals surface area contributed by atoms with Gasteiger partial charge in [0.15, 0.2) is 11.6 Å². The fourth-order valence-electron chi connectivity index (χ4n) is 5.31. The van der Waals surface area contributed by atoms with Gasteiger partial charge in [-0.05, 0) is 90.3 Å². The molecule has 30 heavy (non-hydrogen) atoms. The number of rotatable bonds is 7. The maximum absolute atomic E-state index is 14.1. The standard InChI is InChI=1S/C28H35FO/c1-3-4-5-6-20-7-9-21(10-8-20)22-11-13-23(14-12-22)24-15-16-25-19-28(30-2)27(29)18-26(25)17-24/h11-14,17-21H,3-10,15-16H2,1-2H3. The van der Waals surface area contributed by atoms with Crippen molar-refractivity contribution < 1.29 is 9.13 Å². The normalized spacial score (nSPS) is 21.1. The first-order chi connectivity index (χ1) is 14.7. The van der Waals surface area contributed by atoms with Gasteiger partial charge in [0, 0.05) is 0 Å². The van der Waals surface area contributed by atoms with Gasteiger partial charge in [-0.1, -0.05) is 62.9 Å². The van der Waals surface area contributed by atoms with Crippen LogP contribution in [0.25, 0.3) is 11.6 Å². The van der Waals surface area contributed by atoms with E-state index in [0.29, 0.717) is 5.75 Å². The Labute approximate surface area is 181 Å². The van der Waals surface area contributed by atoms with E-state index < -0.39 is 0 Å². The van der Waals surface area contributed by atoms with Crippen LogP contribution in [0.2, 0.25) is 0 Å². The van der Waals surface area contributed by atoms with Crippen LogP contribution in [0.3, 0.4) is 0 Å². The van der Waals surface area contributed by atoms with Crippen molar-refractivity contribution in [3.8, 4) is 5.75 Å². The van der Waals surface area contributed by atoms with Gasteiger partial charge >= 0.3 is 0 Å². The topological polar surface area (TPSA) is 9.23 Å². The summed E-state index contributed by atoms with van der Waals surface area (Å²) in [7, 11) is 1.52. The van der Waals surface area contributed by atoms with Crippen molar-refractivity contribution in [2.24, 2.45) is 5.92 Å². The third-order valence-electron chi connectivity index (χ3n) is 7.22. The van der Waals surface area contributed by atoms with E-state index in [1.54, 1.807) is 6.07 Å². The van der Waals surface area contributed by atoms with Gasteiger partial charge in [-0.15, -0.1) is 0 Å². The Kier molecular flexibility index (Phi) is 6.92. The number of allylic oxidation sites excluding steroid dienone is 1. The van der Waals surface area contributed by atoms with Crippen molar-refractivity contribution in [3.05, 3.63) is 64.5 Å². The first kappa shape index (κ1) is 21.2. The third-order valence-corrected chi connectivity index (χ3v) is 7.22. The number of hydrogen-bond acceptors (Lipinski definition) is 1. The maximum Gasteiger partial charge on any atom is 0.165 e. The lowest BCUT2D eigenvalue weighted by molar-refractivity contribution is 0.303. The lowest BCUT2D eigenvalue weighted by Gasteiger charge is -2.29. The minimum absolute atomic E-state index is 0.283. The number of benzene rings is 2. The van der Waals surface area contributed by atoms with Crippen LogP contribution in [0, 0.1) is 11.7 Å². The Morgan fingerprint density at radius 2 is 1.73 bits per heavy atom. The summed E-state index contributed by atoms with van der Waals surface area (Å²) in [4.78, 5) is 0. The molecule has 0 aromatic heterocycles. The number of aryl methyl sites for hydroxylation is 1. The molecule has 0 saturated heterocycles. The molecule has 4 rings (SSSR count). The van der Waals surface area contributed by atoms with E-state index in [0.717, 1.165) is 30.2 Å². The highest BCUT2D eigenvalue weighted by molar-refractivity contribution is 5.84. The zero-order valence-corrected chi connectivity index (χ0v) is 18.6. The summed E-state index contributed by atoms with van der Waals surface area (Å²) < 4.78 is 19.3. The minimum Gasteiger partial charge on any atom is -0.494 e. The molecule has 2 heteroatoms. The highest BCUT2D eigenvalue weighted by Gasteiger charge is 2.22. The van der Waals surface area contributed by atoms with E-state index in [2.05, 4.69) is 37.3 Å². The Hall–Kier alpha value is -2.09. The van der Waals surface area contributed by atoms with Crippen LogP contribution in [0.1, 0.15) is 92.9 Å². The van der Waals surface area contributed by atoms with Crippen molar-refractivity contribution in [1.29, 1.82) is 0 Å². The largest absolute Gasteiger partial charge is 0.494 e. The van der Waals surface area contributed by atoms with Crippen molar-refractivity contribution in [2.45, 2.75) is 77.0 Å². The van der Waals surface area contributed by atoms with Gasteiger partial charge in [-0.25, -0.2) is 4.39 Å². The molecule has 0 bridgehead atoms. The monoisotopic (exact) mass is 406 g/mol. The molecule has 1 saturated carbocycles. The van der Waals surface area contributed by atoms with Gasteiger partial charge in [0.05, 0.1) is 7.11 Å². The molecule has 2 aromatic carbocycles. The predicted molar refractivity (Wildman–Crippen MR) is 124 cm³/mol. The molecule has 1 fully saturated rings. The van der Waals surface area contributed by atoms with Crippen molar-refractivity contribution >= 4 is 11.6 Å². The molecule has 0 atom stereocenters. The van der Waals surface area contributed by atoms with E-state index in [1.165, 1.54) is 80.7 Å². The van der Waals surface area contributed by atoms with E-state index in [-0.39, 0.29) is 5.82 Å². The molecule has 0 radical (unpaired) electrons. The number of unbranched alkanes of at least 4 members (excludes halogenated alkanes) is 2. The summed E-state index contributed by atoms with van der Waals surface area (Å²) in [6.45, 7) is 2.29. The van der Waals surface area contributed by atoms with Crippen LogP contribution in [0.5, 0.6) is 5.75 Å². The van der Waals surface area contributed by atoms with Crippen LogP contribution in [0.4, 0.5) is 4.39 Å². The van der Waals surface area contributed by atoms with Crippen molar-refractivity contribution in [2.75, 3.05) is 7.11 Å². The lowest BCUT2D eigenvalue weighted by Crippen LogP contribution is -2.13. The van der Waals surface area contributed by atoms with E-state index in [9.17, 15) is 4.39 Å². The summed E-state index contributed by atoms with van der Waals surface area (Å²) in [5.41, 5.74) is 6.23. The van der Waals surface area contributed by atoms with E-state index in [1.807, 2.05) is 6.07 Å². The number of fused-ring (bicyclic) bond motifs is 1. The molecule has 2 aromatic rings. The summed E-state index contributed by atoms with van der Waals surface area (Å²) in [5.74, 6) is 1.74. The SMILES string of the molecule is CCCCCC1CCC(c2ccc(C3=Cc4cc(F)c(OC)cc4CC3)cc2)CC1. The first-order valence-corrected chi connectivity index (χ1v) is 11.8. The second-order valence-electron chi connectivity index (χ2n) is 9.19. The molecule has 2 aliphatic rings. The second kappa shape index (κ2) is 9.81. The van der Waals surface area contributed by atoms with E-state index >= 15 is 0 Å². The number of ether oxygens (including phenoxy) is 1. The predicted octanol–water partition coefficient (Wildman–Crippen LogP) is 8.18. The smallest absolute Gasteiger partial charge is 0.165 e. The molecule has 160 valence electrons. The molecule has 1 nitrogen and oxygen atoms in total. The average Bonchev–Trinajstić information content (AvgIpc) is 2.79. The zero-order chi connectivity index (χ0) is 20.9. The Morgan fingerprint density at radius 3 is 2.43 bits per heavy atom. The molecule has 0 unspecified atom stereocenters. The van der Waals surface area contributed by atoms with Crippen LogP contribution >= 0.6 is 0 Å². The summed E-state index contributed by atoms with van der Waals surface area (Å²) in [6.07, 6.45) is 15.1. The molecular formula is C28H35FO. The van der Waals surface area contributed by atoms with Gasteiger partial charge in [0.25, 0.3) is 0 Å². The van der Waals surface area contributed by atoms with Crippen LogP contribution < -0.4 is 4.74 Å². The molecular weight excluding hydrogens is 371 g/mol. The molecule has 0 heterocycles. The molecule has 0 aliphatic heterocycles. The second-order valence-corrected chi connectivity index (χ2v) is 9.19. The third kappa shape index (κ3) is 4.79. The van der Waals surface area contributed by atoms with Crippen molar-refractivity contribution in [1.82, 2.24) is 0 Å². The molecule has 0 spiro atoms. The van der Waals surface area contributed by atoms with Gasteiger partial charge in [0.1, 0.15) is 0 Å². The number of hydrogen-bond donors (Lipinski definition) is 0. The Balaban J connectivity index is 1.40. The Bertz CT molecular complexity index is 872.